The average Bonchev–Trinajstić information content (AvgIpc) is 2.86. The summed E-state index contributed by atoms with van der Waals surface area (Å²) >= 11 is 0. The second-order valence-electron chi connectivity index (χ2n) is 8.32. The van der Waals surface area contributed by atoms with Gasteiger partial charge in [-0.05, 0) is 57.3 Å². The van der Waals surface area contributed by atoms with Crippen LogP contribution in [-0.2, 0) is 23.8 Å². The molecule has 0 saturated heterocycles. The SMILES string of the molecule is CC=C(C)C(=O)OC1CCC2CC3(OC)OC(=O)C(C)=C3CC2(C)C1C. The minimum absolute atomic E-state index is 0.0559. The number of fused-ring (bicyclic) bond motifs is 2. The molecule has 0 amide bonds. The molecule has 5 heteroatoms. The minimum Gasteiger partial charge on any atom is -0.459 e. The van der Waals surface area contributed by atoms with Gasteiger partial charge in [0.15, 0.2) is 0 Å². The molecule has 1 aliphatic heterocycles. The molecule has 5 atom stereocenters. The quantitative estimate of drug-likeness (QED) is 0.562. The molecular weight excluding hydrogens is 332 g/mol. The Bertz CT molecular complexity index is 691. The predicted octanol–water partition coefficient (Wildman–Crippen LogP) is 3.93. The van der Waals surface area contributed by atoms with Crippen molar-refractivity contribution in [1.29, 1.82) is 0 Å². The van der Waals surface area contributed by atoms with Gasteiger partial charge in [-0.25, -0.2) is 9.59 Å². The normalized spacial score (nSPS) is 40.0. The van der Waals surface area contributed by atoms with Crippen molar-refractivity contribution in [2.45, 2.75) is 72.2 Å². The first-order chi connectivity index (χ1) is 12.2. The van der Waals surface area contributed by atoms with Crippen molar-refractivity contribution in [1.82, 2.24) is 0 Å². The smallest absolute Gasteiger partial charge is 0.336 e. The first-order valence-electron chi connectivity index (χ1n) is 9.51. The number of methoxy groups -OCH3 is 1. The van der Waals surface area contributed by atoms with E-state index in [0.29, 0.717) is 23.5 Å². The van der Waals surface area contributed by atoms with E-state index in [1.54, 1.807) is 20.1 Å². The van der Waals surface area contributed by atoms with E-state index in [1.165, 1.54) is 0 Å². The van der Waals surface area contributed by atoms with Gasteiger partial charge < -0.3 is 14.2 Å². The van der Waals surface area contributed by atoms with Crippen molar-refractivity contribution in [2.75, 3.05) is 7.11 Å². The maximum absolute atomic E-state index is 12.2. The highest BCUT2D eigenvalue weighted by Gasteiger charge is 2.60. The molecule has 26 heavy (non-hydrogen) atoms. The van der Waals surface area contributed by atoms with Gasteiger partial charge >= 0.3 is 11.9 Å². The third-order valence-electron chi connectivity index (χ3n) is 7.22. The molecule has 144 valence electrons. The largest absolute Gasteiger partial charge is 0.459 e. The van der Waals surface area contributed by atoms with Crippen molar-refractivity contribution < 1.29 is 23.8 Å². The Labute approximate surface area is 155 Å². The standard InChI is InChI=1S/C21H30O5/c1-7-12(2)18(22)25-17-9-8-15-10-21(24-6)16(13(3)19(23)26-21)11-20(15,5)14(17)4/h7,14-15,17H,8-11H2,1-6H3. The molecule has 5 nitrogen and oxygen atoms in total. The van der Waals surface area contributed by atoms with E-state index < -0.39 is 5.79 Å². The van der Waals surface area contributed by atoms with Crippen molar-refractivity contribution >= 4 is 11.9 Å². The zero-order chi connectivity index (χ0) is 19.3. The maximum atomic E-state index is 12.2. The topological polar surface area (TPSA) is 61.8 Å². The van der Waals surface area contributed by atoms with Gasteiger partial charge in [-0.3, -0.25) is 0 Å². The minimum atomic E-state index is -0.893. The number of allylic oxidation sites excluding steroid dienone is 1. The zero-order valence-corrected chi connectivity index (χ0v) is 16.7. The van der Waals surface area contributed by atoms with Crippen LogP contribution in [-0.4, -0.2) is 30.9 Å². The molecule has 0 aromatic rings. The van der Waals surface area contributed by atoms with Crippen LogP contribution in [0.4, 0.5) is 0 Å². The monoisotopic (exact) mass is 362 g/mol. The molecule has 0 N–H and O–H groups in total. The number of hydrogen-bond donors (Lipinski definition) is 0. The summed E-state index contributed by atoms with van der Waals surface area (Å²) in [5, 5.41) is 0. The van der Waals surface area contributed by atoms with Crippen LogP contribution < -0.4 is 0 Å². The van der Waals surface area contributed by atoms with Crippen LogP contribution in [0, 0.1) is 17.3 Å². The van der Waals surface area contributed by atoms with Crippen molar-refractivity contribution in [2.24, 2.45) is 17.3 Å². The van der Waals surface area contributed by atoms with E-state index in [2.05, 4.69) is 13.8 Å². The van der Waals surface area contributed by atoms with Gasteiger partial charge in [-0.15, -0.1) is 0 Å². The number of ether oxygens (including phenoxy) is 3. The van der Waals surface area contributed by atoms with Gasteiger partial charge in [0.05, 0.1) is 0 Å². The summed E-state index contributed by atoms with van der Waals surface area (Å²) in [7, 11) is 1.62. The molecule has 2 fully saturated rings. The van der Waals surface area contributed by atoms with Gasteiger partial charge in [0.1, 0.15) is 6.10 Å². The lowest BCUT2D eigenvalue weighted by atomic mass is 9.53. The molecule has 2 saturated carbocycles. The van der Waals surface area contributed by atoms with Gasteiger partial charge in [0.2, 0.25) is 5.79 Å². The van der Waals surface area contributed by atoms with Crippen LogP contribution in [0.5, 0.6) is 0 Å². The Morgan fingerprint density at radius 3 is 2.65 bits per heavy atom. The molecule has 1 heterocycles. The van der Waals surface area contributed by atoms with Crippen molar-refractivity contribution in [3.8, 4) is 0 Å². The molecule has 3 rings (SSSR count). The van der Waals surface area contributed by atoms with Gasteiger partial charge in [0.25, 0.3) is 0 Å². The van der Waals surface area contributed by atoms with E-state index in [9.17, 15) is 9.59 Å². The number of carbonyl (C=O) groups is 2. The van der Waals surface area contributed by atoms with Gasteiger partial charge in [-0.2, -0.15) is 0 Å². The highest BCUT2D eigenvalue weighted by Crippen LogP contribution is 2.60. The van der Waals surface area contributed by atoms with Crippen LogP contribution in [0.1, 0.15) is 60.3 Å². The van der Waals surface area contributed by atoms with Crippen molar-refractivity contribution in [3.63, 3.8) is 0 Å². The molecule has 2 aliphatic carbocycles. The van der Waals surface area contributed by atoms with Crippen LogP contribution in [0.25, 0.3) is 0 Å². The fourth-order valence-electron chi connectivity index (χ4n) is 4.97. The van der Waals surface area contributed by atoms with E-state index >= 15 is 0 Å². The first-order valence-corrected chi connectivity index (χ1v) is 9.51. The summed E-state index contributed by atoms with van der Waals surface area (Å²) in [5.74, 6) is -0.846. The number of esters is 2. The maximum Gasteiger partial charge on any atom is 0.336 e. The summed E-state index contributed by atoms with van der Waals surface area (Å²) in [4.78, 5) is 24.4. The Balaban J connectivity index is 1.87. The summed E-state index contributed by atoms with van der Waals surface area (Å²) in [6.45, 7) is 9.87. The van der Waals surface area contributed by atoms with Gasteiger partial charge in [0, 0.05) is 30.2 Å². The fraction of sp³-hybridized carbons (Fsp3) is 0.714. The van der Waals surface area contributed by atoms with E-state index in [-0.39, 0.29) is 29.4 Å². The molecule has 0 aromatic carbocycles. The summed E-state index contributed by atoms with van der Waals surface area (Å²) < 4.78 is 17.2. The summed E-state index contributed by atoms with van der Waals surface area (Å²) in [5.41, 5.74) is 2.22. The predicted molar refractivity (Wildman–Crippen MR) is 97.1 cm³/mol. The van der Waals surface area contributed by atoms with Crippen LogP contribution in [0.15, 0.2) is 22.8 Å². The van der Waals surface area contributed by atoms with Crippen LogP contribution in [0.2, 0.25) is 0 Å². The summed E-state index contributed by atoms with van der Waals surface area (Å²) in [6, 6.07) is 0. The highest BCUT2D eigenvalue weighted by molar-refractivity contribution is 5.92. The zero-order valence-electron chi connectivity index (χ0n) is 16.7. The number of carbonyl (C=O) groups excluding carboxylic acids is 2. The fourth-order valence-corrected chi connectivity index (χ4v) is 4.97. The Hall–Kier alpha value is -1.62. The third kappa shape index (κ3) is 2.72. The highest BCUT2D eigenvalue weighted by atomic mass is 16.7. The lowest BCUT2D eigenvalue weighted by Gasteiger charge is -2.55. The number of rotatable bonds is 3. The second-order valence-corrected chi connectivity index (χ2v) is 8.32. The van der Waals surface area contributed by atoms with Crippen LogP contribution >= 0.6 is 0 Å². The van der Waals surface area contributed by atoms with Crippen LogP contribution in [0.3, 0.4) is 0 Å². The molecular formula is C21H30O5. The molecule has 0 aromatic heterocycles. The Morgan fingerprint density at radius 2 is 2.04 bits per heavy atom. The van der Waals surface area contributed by atoms with Gasteiger partial charge in [-0.1, -0.05) is 19.9 Å². The van der Waals surface area contributed by atoms with E-state index in [4.69, 9.17) is 14.2 Å². The first kappa shape index (κ1) is 19.2. The molecule has 0 radical (unpaired) electrons. The molecule has 0 spiro atoms. The third-order valence-corrected chi connectivity index (χ3v) is 7.22. The van der Waals surface area contributed by atoms with E-state index in [1.807, 2.05) is 13.8 Å². The summed E-state index contributed by atoms with van der Waals surface area (Å²) in [6.07, 6.45) is 4.85. The van der Waals surface area contributed by atoms with Crippen molar-refractivity contribution in [3.05, 3.63) is 22.8 Å². The average molecular weight is 362 g/mol. The Kier molecular flexibility index (Phi) is 4.80. The number of hydrogen-bond acceptors (Lipinski definition) is 5. The lowest BCUT2D eigenvalue weighted by molar-refractivity contribution is -0.222. The van der Waals surface area contributed by atoms with E-state index in [0.717, 1.165) is 24.8 Å². The molecule has 5 unspecified atom stereocenters. The lowest BCUT2D eigenvalue weighted by Crippen LogP contribution is -2.54. The Morgan fingerprint density at radius 1 is 1.35 bits per heavy atom. The molecule has 3 aliphatic rings. The second kappa shape index (κ2) is 6.52. The molecule has 0 bridgehead atoms.